The number of carbonyl (C=O) groups excluding carboxylic acids is 2. The molecular weight excluding hydrogens is 520 g/mol. The van der Waals surface area contributed by atoms with E-state index in [9.17, 15) is 9.59 Å². The van der Waals surface area contributed by atoms with Crippen molar-refractivity contribution < 1.29 is 9.59 Å². The van der Waals surface area contributed by atoms with Gasteiger partial charge in [-0.15, -0.1) is 11.3 Å². The number of hydrogen-bond acceptors (Lipinski definition) is 3. The maximum atomic E-state index is 13.8. The van der Waals surface area contributed by atoms with Crippen LogP contribution < -0.4 is 0 Å². The molecule has 2 aromatic carbocycles. The summed E-state index contributed by atoms with van der Waals surface area (Å²) in [5.41, 5.74) is 4.24. The molecule has 0 aliphatic carbocycles. The normalized spacial score (nSPS) is 15.7. The Morgan fingerprint density at radius 2 is 1.71 bits per heavy atom. The van der Waals surface area contributed by atoms with Crippen LogP contribution in [0.4, 0.5) is 0 Å². The number of rotatable bonds is 5. The van der Waals surface area contributed by atoms with Crippen LogP contribution in [0.15, 0.2) is 64.5 Å². The molecule has 0 spiro atoms. The molecule has 2 amide bonds. The second kappa shape index (κ2) is 10.3. The zero-order valence-electron chi connectivity index (χ0n) is 21.0. The summed E-state index contributed by atoms with van der Waals surface area (Å²) in [6.07, 6.45) is 0.845. The van der Waals surface area contributed by atoms with Crippen molar-refractivity contribution in [2.75, 3.05) is 13.1 Å². The lowest BCUT2D eigenvalue weighted by atomic mass is 9.85. The van der Waals surface area contributed by atoms with Gasteiger partial charge in [-0.05, 0) is 78.1 Å². The van der Waals surface area contributed by atoms with Gasteiger partial charge in [-0.2, -0.15) is 0 Å². The summed E-state index contributed by atoms with van der Waals surface area (Å²) in [7, 11) is 0. The average molecular weight is 554 g/mol. The highest BCUT2D eigenvalue weighted by molar-refractivity contribution is 9.10. The van der Waals surface area contributed by atoms with Gasteiger partial charge in [0, 0.05) is 27.5 Å². The first kappa shape index (κ1) is 25.6. The number of nitrogens with zero attached hydrogens (tertiary/aromatic N) is 2. The second-order valence-electron chi connectivity index (χ2n) is 10.4. The summed E-state index contributed by atoms with van der Waals surface area (Å²) in [6, 6.07) is 17.9. The van der Waals surface area contributed by atoms with Gasteiger partial charge < -0.3 is 9.80 Å². The lowest BCUT2D eigenvalue weighted by molar-refractivity contribution is -0.134. The smallest absolute Gasteiger partial charge is 0.254 e. The third-order valence-corrected chi connectivity index (χ3v) is 8.18. The van der Waals surface area contributed by atoms with E-state index in [1.807, 2.05) is 30.9 Å². The molecule has 35 heavy (non-hydrogen) atoms. The highest BCUT2D eigenvalue weighted by Crippen LogP contribution is 2.38. The van der Waals surface area contributed by atoms with E-state index in [0.29, 0.717) is 12.1 Å². The van der Waals surface area contributed by atoms with Crippen molar-refractivity contribution in [3.05, 3.63) is 91.6 Å². The summed E-state index contributed by atoms with van der Waals surface area (Å²) in [5.74, 6) is -0.147. The molecule has 0 saturated heterocycles. The SMILES string of the molecule is CC(C)N(CC(=O)N1CCc2sccc2C1c1ccc(C(C)(C)C)cc1)C(=O)c1ccc(Br)cc1. The topological polar surface area (TPSA) is 40.6 Å². The fourth-order valence-corrected chi connectivity index (χ4v) is 5.76. The Morgan fingerprint density at radius 3 is 2.31 bits per heavy atom. The van der Waals surface area contributed by atoms with Crippen LogP contribution in [0.3, 0.4) is 0 Å². The molecule has 2 heterocycles. The lowest BCUT2D eigenvalue weighted by Crippen LogP contribution is -2.48. The van der Waals surface area contributed by atoms with Crippen LogP contribution in [0.1, 0.15) is 72.6 Å². The molecular formula is C29H33BrN2O2S. The molecule has 0 radical (unpaired) electrons. The summed E-state index contributed by atoms with van der Waals surface area (Å²) in [4.78, 5) is 32.0. The minimum Gasteiger partial charge on any atom is -0.330 e. The molecule has 184 valence electrons. The first-order chi connectivity index (χ1) is 16.6. The van der Waals surface area contributed by atoms with E-state index < -0.39 is 0 Å². The van der Waals surface area contributed by atoms with Gasteiger partial charge in [0.15, 0.2) is 0 Å². The van der Waals surface area contributed by atoms with Crippen LogP contribution in [0.2, 0.25) is 0 Å². The lowest BCUT2D eigenvalue weighted by Gasteiger charge is -2.38. The highest BCUT2D eigenvalue weighted by Gasteiger charge is 2.34. The Morgan fingerprint density at radius 1 is 1.06 bits per heavy atom. The van der Waals surface area contributed by atoms with Gasteiger partial charge in [-0.3, -0.25) is 9.59 Å². The van der Waals surface area contributed by atoms with E-state index in [-0.39, 0.29) is 35.9 Å². The third-order valence-electron chi connectivity index (χ3n) is 6.66. The maximum absolute atomic E-state index is 13.8. The van der Waals surface area contributed by atoms with Crippen molar-refractivity contribution in [1.29, 1.82) is 0 Å². The second-order valence-corrected chi connectivity index (χ2v) is 12.4. The first-order valence-corrected chi connectivity index (χ1v) is 13.8. The maximum Gasteiger partial charge on any atom is 0.254 e. The van der Waals surface area contributed by atoms with E-state index in [1.165, 1.54) is 16.0 Å². The largest absolute Gasteiger partial charge is 0.330 e. The fourth-order valence-electron chi connectivity index (χ4n) is 4.59. The Kier molecular flexibility index (Phi) is 7.53. The summed E-state index contributed by atoms with van der Waals surface area (Å²) in [5, 5.41) is 2.12. The Bertz CT molecular complexity index is 1190. The molecule has 4 nitrogen and oxygen atoms in total. The Balaban J connectivity index is 1.63. The standard InChI is InChI=1S/C29H33BrN2O2S/c1-19(2)32(28(34)21-8-12-23(30)13-9-21)18-26(33)31-16-14-25-24(15-17-35-25)27(31)20-6-10-22(11-7-20)29(3,4)5/h6-13,15,17,19,27H,14,16,18H2,1-5H3. The monoisotopic (exact) mass is 552 g/mol. The van der Waals surface area contributed by atoms with E-state index in [1.54, 1.807) is 28.4 Å². The molecule has 6 heteroatoms. The van der Waals surface area contributed by atoms with Crippen molar-refractivity contribution >= 4 is 39.1 Å². The minimum atomic E-state index is -0.136. The highest BCUT2D eigenvalue weighted by atomic mass is 79.9. The van der Waals surface area contributed by atoms with Crippen LogP contribution in [-0.2, 0) is 16.6 Å². The number of hydrogen-bond donors (Lipinski definition) is 0. The van der Waals surface area contributed by atoms with Gasteiger partial charge in [-0.25, -0.2) is 0 Å². The molecule has 0 N–H and O–H groups in total. The van der Waals surface area contributed by atoms with Crippen molar-refractivity contribution in [2.24, 2.45) is 0 Å². The zero-order chi connectivity index (χ0) is 25.3. The third kappa shape index (κ3) is 5.54. The molecule has 0 fully saturated rings. The predicted octanol–water partition coefficient (Wildman–Crippen LogP) is 6.83. The van der Waals surface area contributed by atoms with Crippen molar-refractivity contribution in [2.45, 2.75) is 58.5 Å². The molecule has 1 atom stereocenters. The van der Waals surface area contributed by atoms with Gasteiger partial charge in [0.05, 0.1) is 6.04 Å². The van der Waals surface area contributed by atoms with Gasteiger partial charge in [0.2, 0.25) is 5.91 Å². The quantitative estimate of drug-likeness (QED) is 0.348. The van der Waals surface area contributed by atoms with Gasteiger partial charge >= 0.3 is 0 Å². The van der Waals surface area contributed by atoms with E-state index in [4.69, 9.17) is 0 Å². The number of amides is 2. The average Bonchev–Trinajstić information content (AvgIpc) is 3.30. The van der Waals surface area contributed by atoms with Crippen LogP contribution in [-0.4, -0.2) is 40.7 Å². The molecule has 1 aliphatic rings. The molecule has 1 aliphatic heterocycles. The van der Waals surface area contributed by atoms with E-state index in [0.717, 1.165) is 16.5 Å². The molecule has 3 aromatic rings. The summed E-state index contributed by atoms with van der Waals surface area (Å²) >= 11 is 5.18. The molecule has 0 bridgehead atoms. The number of fused-ring (bicyclic) bond motifs is 1. The molecule has 1 unspecified atom stereocenters. The first-order valence-electron chi connectivity index (χ1n) is 12.1. The zero-order valence-corrected chi connectivity index (χ0v) is 23.4. The van der Waals surface area contributed by atoms with Gasteiger partial charge in [-0.1, -0.05) is 61.0 Å². The number of carbonyl (C=O) groups is 2. The number of benzene rings is 2. The number of halogens is 1. The van der Waals surface area contributed by atoms with Crippen LogP contribution >= 0.6 is 27.3 Å². The van der Waals surface area contributed by atoms with Crippen molar-refractivity contribution in [1.82, 2.24) is 9.80 Å². The van der Waals surface area contributed by atoms with Gasteiger partial charge in [0.25, 0.3) is 5.91 Å². The Labute approximate surface area is 221 Å². The van der Waals surface area contributed by atoms with Crippen LogP contribution in [0, 0.1) is 0 Å². The van der Waals surface area contributed by atoms with E-state index >= 15 is 0 Å². The van der Waals surface area contributed by atoms with Gasteiger partial charge in [0.1, 0.15) is 6.54 Å². The predicted molar refractivity (Wildman–Crippen MR) is 147 cm³/mol. The minimum absolute atomic E-state index is 0.0223. The van der Waals surface area contributed by atoms with E-state index in [2.05, 4.69) is 72.4 Å². The summed E-state index contributed by atoms with van der Waals surface area (Å²) in [6.45, 7) is 11.2. The van der Waals surface area contributed by atoms with Crippen LogP contribution in [0.5, 0.6) is 0 Å². The molecule has 0 saturated carbocycles. The summed E-state index contributed by atoms with van der Waals surface area (Å²) < 4.78 is 0.918. The molecule has 1 aromatic heterocycles. The fraction of sp³-hybridized carbons (Fsp3) is 0.379. The molecule has 4 rings (SSSR count). The van der Waals surface area contributed by atoms with Crippen molar-refractivity contribution in [3.63, 3.8) is 0 Å². The van der Waals surface area contributed by atoms with Crippen LogP contribution in [0.25, 0.3) is 0 Å². The number of thiophene rings is 1. The Hall–Kier alpha value is -2.44. The van der Waals surface area contributed by atoms with Crippen molar-refractivity contribution in [3.8, 4) is 0 Å².